The average Bonchev–Trinajstić information content (AvgIpc) is 2.52. The van der Waals surface area contributed by atoms with Gasteiger partial charge in [0.25, 0.3) is 0 Å². The van der Waals surface area contributed by atoms with Gasteiger partial charge >= 0.3 is 0 Å². The van der Waals surface area contributed by atoms with Crippen LogP contribution in [0.1, 0.15) is 11.1 Å². The van der Waals surface area contributed by atoms with Crippen molar-refractivity contribution in [3.05, 3.63) is 69.0 Å². The van der Waals surface area contributed by atoms with E-state index in [4.69, 9.17) is 0 Å². The second kappa shape index (κ2) is 6.87. The standard InChI is InChI=1S/C14H6BrF5NO/c15-9-4-2-1-3-7(9)5-21-22-6-8-10(16)12(18)14(20)13(19)11(8)17/h1-4H,6H2. The van der Waals surface area contributed by atoms with E-state index < -0.39 is 41.3 Å². The largest absolute Gasteiger partial charge is 0.390 e. The first-order chi connectivity index (χ1) is 10.4. The van der Waals surface area contributed by atoms with E-state index in [1.54, 1.807) is 24.3 Å². The van der Waals surface area contributed by atoms with E-state index in [-0.39, 0.29) is 0 Å². The van der Waals surface area contributed by atoms with Crippen LogP contribution in [0.15, 0.2) is 33.9 Å². The predicted molar refractivity (Wildman–Crippen MR) is 71.7 cm³/mol. The number of benzene rings is 2. The van der Waals surface area contributed by atoms with Crippen LogP contribution < -0.4 is 0 Å². The number of nitrogens with zero attached hydrogens (tertiary/aromatic N) is 1. The highest BCUT2D eigenvalue weighted by molar-refractivity contribution is 9.10. The summed E-state index contributed by atoms with van der Waals surface area (Å²) < 4.78 is 66.1. The van der Waals surface area contributed by atoms with Crippen LogP contribution in [0.25, 0.3) is 0 Å². The molecule has 2 aromatic carbocycles. The van der Waals surface area contributed by atoms with Crippen molar-refractivity contribution in [1.82, 2.24) is 0 Å². The molecule has 0 aliphatic heterocycles. The Morgan fingerprint density at radius 1 is 0.909 bits per heavy atom. The normalized spacial score (nSPS) is 11.2. The maximum atomic E-state index is 13.3. The first-order valence-corrected chi connectivity index (χ1v) is 6.55. The maximum absolute atomic E-state index is 13.3. The maximum Gasteiger partial charge on any atom is 0.200 e. The van der Waals surface area contributed by atoms with Gasteiger partial charge in [-0.25, -0.2) is 22.0 Å². The Morgan fingerprint density at radius 2 is 1.45 bits per heavy atom. The number of hydrogen-bond acceptors (Lipinski definition) is 2. The van der Waals surface area contributed by atoms with E-state index in [1.807, 2.05) is 0 Å². The monoisotopic (exact) mass is 378 g/mol. The van der Waals surface area contributed by atoms with Crippen molar-refractivity contribution in [1.29, 1.82) is 0 Å². The van der Waals surface area contributed by atoms with Gasteiger partial charge in [0.1, 0.15) is 12.8 Å². The summed E-state index contributed by atoms with van der Waals surface area (Å²) in [6, 6.07) is 6.74. The van der Waals surface area contributed by atoms with E-state index in [0.717, 1.165) is 0 Å². The molecule has 0 saturated heterocycles. The van der Waals surface area contributed by atoms with Gasteiger partial charge in [-0.15, -0.1) is 0 Å². The Morgan fingerprint density at radius 3 is 2.05 bits per heavy atom. The summed E-state index contributed by atoms with van der Waals surface area (Å²) in [5.41, 5.74) is -0.617. The van der Waals surface area contributed by atoms with Crippen molar-refractivity contribution in [2.75, 3.05) is 0 Å². The summed E-state index contributed by atoms with van der Waals surface area (Å²) in [5, 5.41) is 3.31. The van der Waals surface area contributed by atoms with E-state index in [9.17, 15) is 22.0 Å². The van der Waals surface area contributed by atoms with Gasteiger partial charge in [-0.05, 0) is 6.07 Å². The Bertz CT molecular complexity index is 706. The van der Waals surface area contributed by atoms with E-state index >= 15 is 0 Å². The zero-order chi connectivity index (χ0) is 16.3. The summed E-state index contributed by atoms with van der Waals surface area (Å²) in [6.45, 7) is -0.927. The third-order valence-corrected chi connectivity index (χ3v) is 3.31. The third kappa shape index (κ3) is 3.27. The molecule has 2 rings (SSSR count). The Labute approximate surface area is 130 Å². The molecule has 0 unspecified atom stereocenters. The molecule has 0 aromatic heterocycles. The van der Waals surface area contributed by atoms with Crippen LogP contribution in [-0.4, -0.2) is 6.21 Å². The fourth-order valence-corrected chi connectivity index (χ4v) is 1.88. The molecule has 22 heavy (non-hydrogen) atoms. The zero-order valence-electron chi connectivity index (χ0n) is 10.6. The molecule has 0 fully saturated rings. The third-order valence-electron chi connectivity index (χ3n) is 2.61. The summed E-state index contributed by atoms with van der Waals surface area (Å²) in [7, 11) is 0. The Balaban J connectivity index is 2.15. The fraction of sp³-hybridized carbons (Fsp3) is 0.0714. The molecular weight excluding hydrogens is 373 g/mol. The molecule has 2 nitrogen and oxygen atoms in total. The van der Waals surface area contributed by atoms with Crippen molar-refractivity contribution in [3.63, 3.8) is 0 Å². The van der Waals surface area contributed by atoms with Crippen LogP contribution in [0.3, 0.4) is 0 Å². The van der Waals surface area contributed by atoms with Gasteiger partial charge in [-0.3, -0.25) is 0 Å². The molecule has 0 aliphatic carbocycles. The van der Waals surface area contributed by atoms with Crippen molar-refractivity contribution in [2.45, 2.75) is 6.61 Å². The van der Waals surface area contributed by atoms with Crippen LogP contribution in [0.5, 0.6) is 0 Å². The van der Waals surface area contributed by atoms with E-state index in [0.29, 0.717) is 10.0 Å². The second-order valence-electron chi connectivity index (χ2n) is 4.00. The van der Waals surface area contributed by atoms with Gasteiger partial charge in [-0.1, -0.05) is 39.3 Å². The van der Waals surface area contributed by atoms with Gasteiger partial charge < -0.3 is 4.84 Å². The lowest BCUT2D eigenvalue weighted by Crippen LogP contribution is -2.07. The Kier molecular flexibility index (Phi) is 5.12. The van der Waals surface area contributed by atoms with Gasteiger partial charge in [-0.2, -0.15) is 0 Å². The minimum atomic E-state index is -2.22. The molecule has 0 atom stereocenters. The molecule has 0 N–H and O–H groups in total. The summed E-state index contributed by atoms with van der Waals surface area (Å²) in [6.07, 6.45) is 2.41. The van der Waals surface area contributed by atoms with E-state index in [2.05, 4.69) is 32.1 Å². The van der Waals surface area contributed by atoms with Gasteiger partial charge in [0.05, 0.1) is 5.56 Å². The number of hydrogen-bond donors (Lipinski definition) is 0. The lowest BCUT2D eigenvalue weighted by molar-refractivity contribution is 0.124. The minimum absolute atomic E-state index is 0.486. The summed E-state index contributed by atoms with van der Waals surface area (Å²) >= 11 is 3.20. The lowest BCUT2D eigenvalue weighted by Gasteiger charge is -2.06. The van der Waals surface area contributed by atoms with Crippen LogP contribution in [0.2, 0.25) is 0 Å². The molecule has 0 heterocycles. The van der Waals surface area contributed by atoms with Crippen molar-refractivity contribution in [2.24, 2.45) is 5.16 Å². The number of rotatable bonds is 4. The minimum Gasteiger partial charge on any atom is -0.390 e. The van der Waals surface area contributed by atoms with Gasteiger partial charge in [0, 0.05) is 10.0 Å². The molecule has 8 heteroatoms. The SMILES string of the molecule is Fc1c(F)c(F)c(CO/N=[C]\c2ccccc2Br)c(F)c1F. The molecule has 0 amide bonds. The predicted octanol–water partition coefficient (Wildman–Crippen LogP) is 4.57. The first kappa shape index (κ1) is 16.4. The molecule has 115 valence electrons. The molecule has 0 saturated carbocycles. The quantitative estimate of drug-likeness (QED) is 0.251. The van der Waals surface area contributed by atoms with Gasteiger partial charge in [0.2, 0.25) is 5.82 Å². The van der Waals surface area contributed by atoms with Crippen molar-refractivity contribution >= 4 is 22.1 Å². The highest BCUT2D eigenvalue weighted by Gasteiger charge is 2.25. The van der Waals surface area contributed by atoms with Crippen LogP contribution in [0, 0.1) is 29.1 Å². The lowest BCUT2D eigenvalue weighted by atomic mass is 10.2. The van der Waals surface area contributed by atoms with Crippen molar-refractivity contribution in [3.8, 4) is 0 Å². The topological polar surface area (TPSA) is 21.6 Å². The van der Waals surface area contributed by atoms with E-state index in [1.165, 1.54) is 0 Å². The first-order valence-electron chi connectivity index (χ1n) is 5.76. The van der Waals surface area contributed by atoms with Crippen LogP contribution in [-0.2, 0) is 11.4 Å². The molecule has 2 aromatic rings. The molecule has 1 radical (unpaired) electrons. The van der Waals surface area contributed by atoms with Gasteiger partial charge in [0.15, 0.2) is 23.3 Å². The summed E-state index contributed by atoms with van der Waals surface area (Å²) in [5.74, 6) is -10.2. The average molecular weight is 379 g/mol. The smallest absolute Gasteiger partial charge is 0.200 e. The van der Waals surface area contributed by atoms with Crippen molar-refractivity contribution < 1.29 is 26.8 Å². The summed E-state index contributed by atoms with van der Waals surface area (Å²) in [4.78, 5) is 4.55. The molecule has 0 aliphatic rings. The molecule has 0 bridgehead atoms. The highest BCUT2D eigenvalue weighted by Crippen LogP contribution is 2.23. The second-order valence-corrected chi connectivity index (χ2v) is 4.86. The zero-order valence-corrected chi connectivity index (χ0v) is 12.2. The molecule has 0 spiro atoms. The Hall–Kier alpha value is -1.96. The fourth-order valence-electron chi connectivity index (χ4n) is 1.51. The van der Waals surface area contributed by atoms with Crippen LogP contribution >= 0.6 is 15.9 Å². The number of halogens is 6. The highest BCUT2D eigenvalue weighted by atomic mass is 79.9. The van der Waals surface area contributed by atoms with Crippen LogP contribution in [0.4, 0.5) is 22.0 Å². The molecular formula is C14H6BrF5NO.